The van der Waals surface area contributed by atoms with Crippen LogP contribution in [-0.2, 0) is 9.84 Å². The maximum absolute atomic E-state index is 11.5. The molecule has 1 aromatic rings. The normalized spacial score (nSPS) is 10.9. The molecule has 15 heavy (non-hydrogen) atoms. The maximum atomic E-state index is 11.5. The fourth-order valence-electron chi connectivity index (χ4n) is 1.23. The summed E-state index contributed by atoms with van der Waals surface area (Å²) in [6.45, 7) is 5.64. The highest BCUT2D eigenvalue weighted by Gasteiger charge is 2.10. The predicted molar refractivity (Wildman–Crippen MR) is 61.2 cm³/mol. The number of hydrogen-bond acceptors (Lipinski definition) is 2. The Balaban J connectivity index is 3.13. The van der Waals surface area contributed by atoms with Crippen LogP contribution >= 0.6 is 0 Å². The van der Waals surface area contributed by atoms with E-state index in [2.05, 4.69) is 25.0 Å². The largest absolute Gasteiger partial charge is 0.245 e. The summed E-state index contributed by atoms with van der Waals surface area (Å²) in [5, 5.41) is 2.21. The quantitative estimate of drug-likeness (QED) is 0.569. The van der Waals surface area contributed by atoms with E-state index in [0.717, 1.165) is 5.56 Å². The van der Waals surface area contributed by atoms with Gasteiger partial charge in [-0.25, -0.2) is 8.42 Å². The summed E-state index contributed by atoms with van der Waals surface area (Å²) in [4.78, 5) is 0.265. The van der Waals surface area contributed by atoms with Crippen molar-refractivity contribution in [2.24, 2.45) is 0 Å². The van der Waals surface area contributed by atoms with Gasteiger partial charge in [0.2, 0.25) is 9.84 Å². The first-order valence-corrected chi connectivity index (χ1v) is 6.24. The van der Waals surface area contributed by atoms with E-state index in [1.165, 1.54) is 6.92 Å². The molecule has 0 atom stereocenters. The van der Waals surface area contributed by atoms with Gasteiger partial charge in [-0.2, -0.15) is 0 Å². The molecule has 0 saturated carbocycles. The lowest BCUT2D eigenvalue weighted by Gasteiger charge is -2.05. The molecule has 80 valence electrons. The average Bonchev–Trinajstić information content (AvgIpc) is 2.18. The van der Waals surface area contributed by atoms with Gasteiger partial charge >= 0.3 is 0 Å². The molecular weight excluding hydrogens is 208 g/mol. The predicted octanol–water partition coefficient (Wildman–Crippen LogP) is 2.56. The molecule has 1 aromatic carbocycles. The van der Waals surface area contributed by atoms with E-state index >= 15 is 0 Å². The smallest absolute Gasteiger partial charge is 0.210 e. The maximum Gasteiger partial charge on any atom is 0.245 e. The second kappa shape index (κ2) is 4.50. The van der Waals surface area contributed by atoms with Crippen LogP contribution in [-0.4, -0.2) is 8.42 Å². The molecule has 0 saturated heterocycles. The van der Waals surface area contributed by atoms with E-state index < -0.39 is 9.84 Å². The van der Waals surface area contributed by atoms with Crippen LogP contribution in [0.15, 0.2) is 29.2 Å². The lowest BCUT2D eigenvalue weighted by atomic mass is 10.0. The second-order valence-corrected chi connectivity index (χ2v) is 5.26. The molecule has 0 unspecified atom stereocenters. The van der Waals surface area contributed by atoms with Crippen LogP contribution in [0.2, 0.25) is 0 Å². The number of hydrogen-bond donors (Lipinski definition) is 0. The van der Waals surface area contributed by atoms with Gasteiger partial charge in [0.25, 0.3) is 0 Å². The van der Waals surface area contributed by atoms with Gasteiger partial charge in [0.1, 0.15) is 0 Å². The third-order valence-corrected chi connectivity index (χ3v) is 3.46. The molecule has 0 radical (unpaired) electrons. The van der Waals surface area contributed by atoms with Crippen LogP contribution in [0, 0.1) is 11.2 Å². The Morgan fingerprint density at radius 3 is 2.07 bits per heavy atom. The van der Waals surface area contributed by atoms with E-state index in [0.29, 0.717) is 5.92 Å². The molecule has 0 aromatic heterocycles. The Morgan fingerprint density at radius 1 is 1.13 bits per heavy atom. The summed E-state index contributed by atoms with van der Waals surface area (Å²) in [6.07, 6.45) is 0. The fourth-order valence-corrected chi connectivity index (χ4v) is 2.11. The van der Waals surface area contributed by atoms with Gasteiger partial charge in [-0.15, -0.1) is 0 Å². The highest BCUT2D eigenvalue weighted by Crippen LogP contribution is 2.17. The van der Waals surface area contributed by atoms with Gasteiger partial charge in [0, 0.05) is 5.25 Å². The van der Waals surface area contributed by atoms with Gasteiger partial charge in [0.05, 0.1) is 4.90 Å². The highest BCUT2D eigenvalue weighted by molar-refractivity contribution is 7.96. The zero-order valence-corrected chi connectivity index (χ0v) is 9.93. The Morgan fingerprint density at radius 2 is 1.67 bits per heavy atom. The minimum absolute atomic E-state index is 0.265. The van der Waals surface area contributed by atoms with Gasteiger partial charge in [-0.1, -0.05) is 31.9 Å². The molecular formula is C12H14O2S. The molecule has 0 N–H and O–H groups in total. The average molecular weight is 222 g/mol. The van der Waals surface area contributed by atoms with E-state index in [4.69, 9.17) is 0 Å². The second-order valence-electron chi connectivity index (χ2n) is 3.58. The Bertz CT molecular complexity index is 485. The lowest BCUT2D eigenvalue weighted by Crippen LogP contribution is -1.97. The molecule has 0 amide bonds. The van der Waals surface area contributed by atoms with Gasteiger partial charge in [-0.3, -0.25) is 0 Å². The first kappa shape index (κ1) is 11.8. The van der Waals surface area contributed by atoms with E-state index in [-0.39, 0.29) is 4.90 Å². The van der Waals surface area contributed by atoms with Crippen LogP contribution in [0.4, 0.5) is 0 Å². The van der Waals surface area contributed by atoms with Crippen molar-refractivity contribution in [2.75, 3.05) is 0 Å². The van der Waals surface area contributed by atoms with Crippen molar-refractivity contribution in [3.63, 3.8) is 0 Å². The third-order valence-electron chi connectivity index (χ3n) is 2.09. The van der Waals surface area contributed by atoms with Gasteiger partial charge < -0.3 is 0 Å². The van der Waals surface area contributed by atoms with E-state index in [9.17, 15) is 8.42 Å². The standard InChI is InChI=1S/C12H14O2S/c1-4-9-15(13,14)12-7-5-11(6-8-12)10(2)3/h5-8,10H,1-3H3. The zero-order chi connectivity index (χ0) is 11.5. The highest BCUT2D eigenvalue weighted by atomic mass is 32.2. The van der Waals surface area contributed by atoms with Crippen molar-refractivity contribution < 1.29 is 8.42 Å². The molecule has 3 heteroatoms. The molecule has 2 nitrogen and oxygen atoms in total. The van der Waals surface area contributed by atoms with Crippen LogP contribution in [0.3, 0.4) is 0 Å². The van der Waals surface area contributed by atoms with Crippen molar-refractivity contribution >= 4 is 9.84 Å². The molecule has 0 aliphatic carbocycles. The first-order chi connectivity index (χ1) is 6.97. The van der Waals surface area contributed by atoms with Crippen molar-refractivity contribution in [2.45, 2.75) is 31.6 Å². The molecule has 1 rings (SSSR count). The van der Waals surface area contributed by atoms with Crippen molar-refractivity contribution in [3.05, 3.63) is 29.8 Å². The van der Waals surface area contributed by atoms with Crippen LogP contribution in [0.1, 0.15) is 32.3 Å². The molecule has 0 aliphatic heterocycles. The summed E-state index contributed by atoms with van der Waals surface area (Å²) in [7, 11) is -3.41. The molecule has 0 spiro atoms. The molecule has 0 aliphatic rings. The van der Waals surface area contributed by atoms with Gasteiger partial charge in [0.15, 0.2) is 0 Å². The topological polar surface area (TPSA) is 34.1 Å². The minimum Gasteiger partial charge on any atom is -0.210 e. The van der Waals surface area contributed by atoms with Crippen LogP contribution in [0.25, 0.3) is 0 Å². The summed E-state index contributed by atoms with van der Waals surface area (Å²) in [5.74, 6) is 2.81. The van der Waals surface area contributed by atoms with Crippen LogP contribution in [0.5, 0.6) is 0 Å². The Labute approximate surface area is 91.2 Å². The number of rotatable bonds is 2. The van der Waals surface area contributed by atoms with E-state index in [1.807, 2.05) is 12.1 Å². The third kappa shape index (κ3) is 2.84. The summed E-state index contributed by atoms with van der Waals surface area (Å²) >= 11 is 0. The number of benzene rings is 1. The lowest BCUT2D eigenvalue weighted by molar-refractivity contribution is 0.606. The molecule has 0 bridgehead atoms. The molecule has 0 fully saturated rings. The first-order valence-electron chi connectivity index (χ1n) is 4.76. The van der Waals surface area contributed by atoms with Gasteiger partial charge in [-0.05, 0) is 30.5 Å². The van der Waals surface area contributed by atoms with Crippen molar-refractivity contribution in [1.29, 1.82) is 0 Å². The summed E-state index contributed by atoms with van der Waals surface area (Å²) < 4.78 is 23.1. The van der Waals surface area contributed by atoms with E-state index in [1.54, 1.807) is 12.1 Å². The monoisotopic (exact) mass is 222 g/mol. The molecule has 0 heterocycles. The minimum atomic E-state index is -3.41. The Hall–Kier alpha value is -1.27. The summed E-state index contributed by atoms with van der Waals surface area (Å²) in [6, 6.07) is 6.87. The Kier molecular flexibility index (Phi) is 3.54. The fraction of sp³-hybridized carbons (Fsp3) is 0.333. The summed E-state index contributed by atoms with van der Waals surface area (Å²) in [5.41, 5.74) is 1.12. The number of sulfone groups is 1. The van der Waals surface area contributed by atoms with Crippen molar-refractivity contribution in [3.8, 4) is 11.2 Å². The SMILES string of the molecule is CC#CS(=O)(=O)c1ccc(C(C)C)cc1. The van der Waals surface area contributed by atoms with Crippen molar-refractivity contribution in [1.82, 2.24) is 0 Å². The van der Waals surface area contributed by atoms with Crippen LogP contribution < -0.4 is 0 Å². The zero-order valence-electron chi connectivity index (χ0n) is 9.11.